The molecule has 6 aliphatic rings. The fraction of sp³-hybridized carbons (Fsp3) is 0.484. The Balaban J connectivity index is 1.10. The van der Waals surface area contributed by atoms with E-state index < -0.39 is 54.7 Å². The first-order valence-corrected chi connectivity index (χ1v) is 27.8. The van der Waals surface area contributed by atoms with Gasteiger partial charge >= 0.3 is 17.6 Å². The van der Waals surface area contributed by atoms with Crippen LogP contribution in [0.2, 0.25) is 0 Å². The Morgan fingerprint density at radius 2 is 1.54 bits per heavy atom. The Bertz CT molecular complexity index is 2980. The van der Waals surface area contributed by atoms with E-state index in [2.05, 4.69) is 91.0 Å². The van der Waals surface area contributed by atoms with E-state index in [1.54, 1.807) is 19.1 Å². The number of fused-ring (bicyclic) bond motifs is 11. The summed E-state index contributed by atoms with van der Waals surface area (Å²) in [5, 5.41) is 41.6. The Morgan fingerprint density at radius 3 is 2.26 bits per heavy atom. The van der Waals surface area contributed by atoms with Crippen LogP contribution in [0.4, 0.5) is 0 Å². The summed E-state index contributed by atoms with van der Waals surface area (Å²) in [5.74, 6) is -2.13. The minimum Gasteiger partial charge on any atom is -0.483 e. The fourth-order valence-corrected chi connectivity index (χ4v) is 13.9. The number of carbonyl (C=O) groups excluding carboxylic acids is 2. The van der Waals surface area contributed by atoms with E-state index in [0.717, 1.165) is 56.1 Å². The minimum absolute atomic E-state index is 0.00381. The number of aliphatic hydroxyl groups is 4. The molecular formula is C64H74O12. The van der Waals surface area contributed by atoms with Crippen LogP contribution in [0.25, 0.3) is 11.0 Å². The van der Waals surface area contributed by atoms with Crippen molar-refractivity contribution in [3.8, 4) is 5.75 Å². The van der Waals surface area contributed by atoms with E-state index in [-0.39, 0.29) is 90.4 Å². The molecule has 4 N–H and O–H groups in total. The number of esters is 2. The second kappa shape index (κ2) is 23.4. The van der Waals surface area contributed by atoms with Gasteiger partial charge in [0, 0.05) is 58.6 Å². The van der Waals surface area contributed by atoms with Crippen LogP contribution >= 0.6 is 0 Å². The molecule has 7 atom stereocenters. The molecule has 4 heterocycles. The lowest BCUT2D eigenvalue weighted by Gasteiger charge is -2.50. The fourth-order valence-electron chi connectivity index (χ4n) is 13.9. The highest BCUT2D eigenvalue weighted by Gasteiger charge is 2.57. The Hall–Kier alpha value is -5.89. The molecule has 5 aromatic rings. The quantitative estimate of drug-likeness (QED) is 0.0306. The van der Waals surface area contributed by atoms with Crippen molar-refractivity contribution in [1.82, 2.24) is 0 Å². The molecule has 7 unspecified atom stereocenters. The van der Waals surface area contributed by atoms with Crippen molar-refractivity contribution in [2.75, 3.05) is 26.6 Å². The molecule has 12 nitrogen and oxygen atoms in total. The van der Waals surface area contributed by atoms with Gasteiger partial charge in [-0.2, -0.15) is 0 Å². The first kappa shape index (κ1) is 53.5. The third-order valence-corrected chi connectivity index (χ3v) is 18.0. The number of hydrogen-bond acceptors (Lipinski definition) is 12. The lowest BCUT2D eigenvalue weighted by molar-refractivity contribution is -0.201. The highest BCUT2D eigenvalue weighted by molar-refractivity contribution is 5.90. The summed E-state index contributed by atoms with van der Waals surface area (Å²) in [6, 6.07) is 31.9. The molecule has 0 amide bonds. The normalized spacial score (nSPS) is 26.1. The number of benzene rings is 4. The summed E-state index contributed by atoms with van der Waals surface area (Å²) in [7, 11) is 0. The highest BCUT2D eigenvalue weighted by atomic mass is 16.6. The molecule has 4 aromatic carbocycles. The molecule has 12 heteroatoms. The van der Waals surface area contributed by atoms with Crippen molar-refractivity contribution in [2.45, 2.75) is 158 Å². The second-order valence-corrected chi connectivity index (χ2v) is 22.4. The first-order chi connectivity index (χ1) is 37.0. The monoisotopic (exact) mass is 1030 g/mol. The van der Waals surface area contributed by atoms with Gasteiger partial charge < -0.3 is 43.8 Å². The molecule has 2 bridgehead atoms. The van der Waals surface area contributed by atoms with Crippen LogP contribution in [0.1, 0.15) is 172 Å². The topological polar surface area (TPSA) is 182 Å². The van der Waals surface area contributed by atoms with Crippen LogP contribution in [0, 0.1) is 11.8 Å². The van der Waals surface area contributed by atoms with Gasteiger partial charge in [-0.05, 0) is 122 Å². The molecule has 0 spiro atoms. The van der Waals surface area contributed by atoms with Gasteiger partial charge in [0.15, 0.2) is 12.2 Å². The average molecular weight is 1040 g/mol. The average Bonchev–Trinajstić information content (AvgIpc) is 3.55. The van der Waals surface area contributed by atoms with Gasteiger partial charge in [-0.1, -0.05) is 130 Å². The van der Waals surface area contributed by atoms with Gasteiger partial charge in [0.2, 0.25) is 0 Å². The van der Waals surface area contributed by atoms with Crippen molar-refractivity contribution < 1.29 is 53.4 Å². The molecule has 3 aliphatic heterocycles. The van der Waals surface area contributed by atoms with Crippen LogP contribution in [0.15, 0.2) is 124 Å². The minimum atomic E-state index is -1.35. The maximum atomic E-state index is 15.4. The van der Waals surface area contributed by atoms with E-state index >= 15 is 9.59 Å². The molecule has 2 fully saturated rings. The lowest BCUT2D eigenvalue weighted by atomic mass is 9.64. The smallest absolute Gasteiger partial charge is 0.340 e. The highest BCUT2D eigenvalue weighted by Crippen LogP contribution is 2.53. The molecule has 2 saturated carbocycles. The molecule has 3 aliphatic carbocycles. The number of ether oxygens (including phenoxy) is 4. The van der Waals surface area contributed by atoms with E-state index in [4.69, 9.17) is 23.4 Å². The van der Waals surface area contributed by atoms with Gasteiger partial charge in [-0.3, -0.25) is 4.79 Å². The molecule has 402 valence electrons. The maximum Gasteiger partial charge on any atom is 0.340 e. The molecule has 0 radical (unpaired) electrons. The number of aliphatic hydroxyl groups excluding tert-OH is 4. The molecule has 11 rings (SSSR count). The second-order valence-electron chi connectivity index (χ2n) is 22.4. The Labute approximate surface area is 445 Å². The molecule has 1 aromatic heterocycles. The van der Waals surface area contributed by atoms with Crippen LogP contribution in [-0.4, -0.2) is 70.7 Å². The number of hydrogen-bond donors (Lipinski definition) is 4. The Kier molecular flexibility index (Phi) is 16.5. The standard InChI is InChI=1S/C64H74O12/c1-40(36-66)50-25-21-41-19-22-42(23-20-41)51-26-24-44(43-13-12-18-49(34-43)64(30-10-5-11-31-64)48-16-8-4-9-17-48)33-46(51)35-55(69)73-59-57-54(76-63(2,60(59)75-61(50)70)47-14-6-3-7-15-47)28-27-52-53(37-67)56(62(71)74-58(52)57)45(29-32-65)38-72-39-68/h4,8-9,12-13,16-20,22-24,26-28,34,44-47,51,59-60,65-68H,3,5-7,10-11,14-15,21,25,29-33,35-39H2,1-2H3. The zero-order valence-electron chi connectivity index (χ0n) is 44.1. The van der Waals surface area contributed by atoms with Gasteiger partial charge in [0.05, 0.1) is 25.4 Å². The third kappa shape index (κ3) is 10.5. The molecule has 0 saturated heterocycles. The maximum absolute atomic E-state index is 15.4. The van der Waals surface area contributed by atoms with Crippen molar-refractivity contribution in [3.05, 3.63) is 169 Å². The number of aryl methyl sites for hydroxylation is 1. The summed E-state index contributed by atoms with van der Waals surface area (Å²) < 4.78 is 32.5. The SMILES string of the molecule is CC(CO)=C1CCc2ccc(cc2)C2C=CC(c3cccc(C4(c5ccccc5)CCCCC4)c3)CC2CC(=O)OC2c3c(ccc4c(CO)c(C(CCO)COCO)c(=O)oc34)OC(C)(C3CCCCC3)C2OC1=O. The van der Waals surface area contributed by atoms with Crippen LogP contribution < -0.4 is 10.4 Å². The van der Waals surface area contributed by atoms with Gasteiger partial charge in [0.1, 0.15) is 23.7 Å². The zero-order chi connectivity index (χ0) is 53.0. The van der Waals surface area contributed by atoms with Crippen molar-refractivity contribution in [3.63, 3.8) is 0 Å². The van der Waals surface area contributed by atoms with Gasteiger partial charge in [-0.25, -0.2) is 9.59 Å². The van der Waals surface area contributed by atoms with Crippen molar-refractivity contribution in [2.24, 2.45) is 11.8 Å². The zero-order valence-corrected chi connectivity index (χ0v) is 44.1. The van der Waals surface area contributed by atoms with Gasteiger partial charge in [0.25, 0.3) is 0 Å². The number of allylic oxidation sites excluding steroid dienone is 2. The molecular weight excluding hydrogens is 961 g/mol. The number of carbonyl (C=O) groups is 2. The van der Waals surface area contributed by atoms with E-state index in [1.165, 1.54) is 36.0 Å². The molecule has 76 heavy (non-hydrogen) atoms. The van der Waals surface area contributed by atoms with Crippen molar-refractivity contribution in [1.29, 1.82) is 0 Å². The van der Waals surface area contributed by atoms with E-state index in [1.807, 2.05) is 6.92 Å². The predicted molar refractivity (Wildman–Crippen MR) is 289 cm³/mol. The summed E-state index contributed by atoms with van der Waals surface area (Å²) in [6.45, 7) is 1.62. The Morgan fingerprint density at radius 1 is 0.789 bits per heavy atom. The first-order valence-electron chi connectivity index (χ1n) is 27.8. The summed E-state index contributed by atoms with van der Waals surface area (Å²) >= 11 is 0. The summed E-state index contributed by atoms with van der Waals surface area (Å²) in [6.07, 6.45) is 13.6. The van der Waals surface area contributed by atoms with Crippen LogP contribution in [0.3, 0.4) is 0 Å². The van der Waals surface area contributed by atoms with Crippen molar-refractivity contribution >= 4 is 22.9 Å². The van der Waals surface area contributed by atoms with E-state index in [9.17, 15) is 25.2 Å². The third-order valence-electron chi connectivity index (χ3n) is 18.0. The van der Waals surface area contributed by atoms with Gasteiger partial charge in [-0.15, -0.1) is 0 Å². The number of rotatable bonds is 12. The van der Waals surface area contributed by atoms with Crippen LogP contribution in [0.5, 0.6) is 5.75 Å². The lowest BCUT2D eigenvalue weighted by Crippen LogP contribution is -2.58. The summed E-state index contributed by atoms with van der Waals surface area (Å²) in [4.78, 5) is 44.8. The predicted octanol–water partition coefficient (Wildman–Crippen LogP) is 11.0. The van der Waals surface area contributed by atoms with Crippen LogP contribution in [-0.2, 0) is 42.2 Å². The summed E-state index contributed by atoms with van der Waals surface area (Å²) in [5.41, 5.74) is 5.10. The largest absolute Gasteiger partial charge is 0.483 e. The van der Waals surface area contributed by atoms with E-state index in [0.29, 0.717) is 35.1 Å².